The zero-order chi connectivity index (χ0) is 13.1. The quantitative estimate of drug-likeness (QED) is 0.827. The summed E-state index contributed by atoms with van der Waals surface area (Å²) >= 11 is 2.07. The molecule has 0 unspecified atom stereocenters. The minimum atomic E-state index is -0.204. The largest absolute Gasteiger partial charge is 0.352 e. The van der Waals surface area contributed by atoms with Gasteiger partial charge in [-0.1, -0.05) is 0 Å². The number of piperazine rings is 1. The summed E-state index contributed by atoms with van der Waals surface area (Å²) in [6.07, 6.45) is 4.29. The van der Waals surface area contributed by atoms with E-state index in [9.17, 15) is 4.39 Å². The topological polar surface area (TPSA) is 19.4 Å². The number of thioether (sulfide) groups is 1. The van der Waals surface area contributed by atoms with E-state index in [1.54, 1.807) is 12.3 Å². The predicted octanol–water partition coefficient (Wildman–Crippen LogP) is 2.24. The van der Waals surface area contributed by atoms with Crippen LogP contribution in [0, 0.1) is 5.82 Å². The molecule has 2 aliphatic rings. The molecule has 0 spiro atoms. The van der Waals surface area contributed by atoms with Crippen molar-refractivity contribution in [1.82, 2.24) is 9.88 Å². The first-order chi connectivity index (χ1) is 9.34. The Kier molecular flexibility index (Phi) is 4.23. The zero-order valence-electron chi connectivity index (χ0n) is 11.1. The molecule has 0 saturated carbocycles. The van der Waals surface area contributed by atoms with Crippen molar-refractivity contribution < 1.29 is 4.39 Å². The highest BCUT2D eigenvalue weighted by molar-refractivity contribution is 7.99. The van der Waals surface area contributed by atoms with Crippen LogP contribution in [0.25, 0.3) is 0 Å². The number of anilines is 1. The number of aromatic nitrogens is 1. The lowest BCUT2D eigenvalue weighted by molar-refractivity contribution is 0.174. The molecular formula is C14H20FN3S. The van der Waals surface area contributed by atoms with E-state index in [1.807, 2.05) is 0 Å². The Balaban J connectivity index is 1.58. The second-order valence-electron chi connectivity index (χ2n) is 5.18. The van der Waals surface area contributed by atoms with Gasteiger partial charge in [-0.25, -0.2) is 9.37 Å². The molecule has 0 N–H and O–H groups in total. The second kappa shape index (κ2) is 6.09. The number of hydrogen-bond acceptors (Lipinski definition) is 4. The minimum absolute atomic E-state index is 0.204. The maximum absolute atomic E-state index is 13.7. The molecule has 0 atom stereocenters. The molecule has 1 aromatic rings. The third kappa shape index (κ3) is 3.03. The lowest BCUT2D eigenvalue weighted by Gasteiger charge is -2.41. The van der Waals surface area contributed by atoms with E-state index in [0.717, 1.165) is 32.2 Å². The summed E-state index contributed by atoms with van der Waals surface area (Å²) in [4.78, 5) is 8.82. The number of hydrogen-bond donors (Lipinski definition) is 0. The Bertz CT molecular complexity index is 415. The van der Waals surface area contributed by atoms with Gasteiger partial charge in [0.25, 0.3) is 0 Å². The van der Waals surface area contributed by atoms with Gasteiger partial charge in [0, 0.05) is 38.4 Å². The smallest absolute Gasteiger partial charge is 0.165 e. The highest BCUT2D eigenvalue weighted by Crippen LogP contribution is 2.24. The van der Waals surface area contributed by atoms with Gasteiger partial charge in [-0.3, -0.25) is 4.90 Å². The molecule has 0 aliphatic carbocycles. The SMILES string of the molecule is Fc1cccnc1N1CCN(C2CCSCC2)CC1. The molecule has 1 aromatic heterocycles. The fourth-order valence-electron chi connectivity index (χ4n) is 2.96. The summed E-state index contributed by atoms with van der Waals surface area (Å²) in [5, 5.41) is 0. The first-order valence-electron chi connectivity index (χ1n) is 7.02. The minimum Gasteiger partial charge on any atom is -0.352 e. The Morgan fingerprint density at radius 1 is 1.16 bits per heavy atom. The monoisotopic (exact) mass is 281 g/mol. The van der Waals surface area contributed by atoms with Crippen LogP contribution in [0.2, 0.25) is 0 Å². The van der Waals surface area contributed by atoms with Gasteiger partial charge >= 0.3 is 0 Å². The van der Waals surface area contributed by atoms with Crippen LogP contribution in [-0.2, 0) is 0 Å². The van der Waals surface area contributed by atoms with E-state index >= 15 is 0 Å². The average molecular weight is 281 g/mol. The molecular weight excluding hydrogens is 261 g/mol. The van der Waals surface area contributed by atoms with E-state index in [1.165, 1.54) is 30.4 Å². The highest BCUT2D eigenvalue weighted by atomic mass is 32.2. The number of pyridine rings is 1. The summed E-state index contributed by atoms with van der Waals surface area (Å²) in [6, 6.07) is 3.89. The van der Waals surface area contributed by atoms with Crippen molar-refractivity contribution in [2.45, 2.75) is 18.9 Å². The van der Waals surface area contributed by atoms with Crippen LogP contribution in [0.5, 0.6) is 0 Å². The van der Waals surface area contributed by atoms with Crippen molar-refractivity contribution in [3.8, 4) is 0 Å². The first kappa shape index (κ1) is 13.2. The molecule has 0 aromatic carbocycles. The van der Waals surface area contributed by atoms with Crippen molar-refractivity contribution >= 4 is 17.6 Å². The van der Waals surface area contributed by atoms with Gasteiger partial charge in [-0.05, 0) is 36.5 Å². The maximum Gasteiger partial charge on any atom is 0.165 e. The third-order valence-electron chi connectivity index (χ3n) is 4.06. The fraction of sp³-hybridized carbons (Fsp3) is 0.643. The summed E-state index contributed by atoms with van der Waals surface area (Å²) in [5.41, 5.74) is 0. The molecule has 5 heteroatoms. The predicted molar refractivity (Wildman–Crippen MR) is 78.3 cm³/mol. The number of rotatable bonds is 2. The molecule has 2 saturated heterocycles. The standard InChI is InChI=1S/C14H20FN3S/c15-13-2-1-5-16-14(13)18-8-6-17(7-9-18)12-3-10-19-11-4-12/h1-2,5,12H,3-4,6-11H2. The van der Waals surface area contributed by atoms with Crippen molar-refractivity contribution in [1.29, 1.82) is 0 Å². The van der Waals surface area contributed by atoms with E-state index in [-0.39, 0.29) is 5.82 Å². The molecule has 3 heterocycles. The van der Waals surface area contributed by atoms with Crippen LogP contribution in [-0.4, -0.2) is 53.6 Å². The summed E-state index contributed by atoms with van der Waals surface area (Å²) in [6.45, 7) is 3.84. The zero-order valence-corrected chi connectivity index (χ0v) is 11.9. The van der Waals surface area contributed by atoms with Crippen molar-refractivity contribution in [2.75, 3.05) is 42.6 Å². The Labute approximate surface area is 118 Å². The Morgan fingerprint density at radius 2 is 1.89 bits per heavy atom. The highest BCUT2D eigenvalue weighted by Gasteiger charge is 2.26. The van der Waals surface area contributed by atoms with Crippen LogP contribution in [0.4, 0.5) is 10.2 Å². The van der Waals surface area contributed by atoms with Gasteiger partial charge in [-0.2, -0.15) is 11.8 Å². The van der Waals surface area contributed by atoms with Crippen molar-refractivity contribution in [3.05, 3.63) is 24.1 Å². The van der Waals surface area contributed by atoms with E-state index in [0.29, 0.717) is 5.82 Å². The van der Waals surface area contributed by atoms with Crippen LogP contribution in [0.3, 0.4) is 0 Å². The molecule has 2 aliphatic heterocycles. The van der Waals surface area contributed by atoms with E-state index in [4.69, 9.17) is 0 Å². The summed E-state index contributed by atoms with van der Waals surface area (Å²) < 4.78 is 13.7. The Hall–Kier alpha value is -0.810. The molecule has 0 bridgehead atoms. The lowest BCUT2D eigenvalue weighted by atomic mass is 10.1. The summed E-state index contributed by atoms with van der Waals surface area (Å²) in [7, 11) is 0. The second-order valence-corrected chi connectivity index (χ2v) is 6.40. The van der Waals surface area contributed by atoms with E-state index < -0.39 is 0 Å². The normalized spacial score (nSPS) is 22.7. The van der Waals surface area contributed by atoms with Gasteiger partial charge in [-0.15, -0.1) is 0 Å². The van der Waals surface area contributed by atoms with Crippen LogP contribution in [0.15, 0.2) is 18.3 Å². The number of nitrogens with zero attached hydrogens (tertiary/aromatic N) is 3. The Morgan fingerprint density at radius 3 is 2.58 bits per heavy atom. The third-order valence-corrected chi connectivity index (χ3v) is 5.11. The van der Waals surface area contributed by atoms with Gasteiger partial charge in [0.1, 0.15) is 0 Å². The molecule has 3 rings (SSSR count). The molecule has 3 nitrogen and oxygen atoms in total. The lowest BCUT2D eigenvalue weighted by Crippen LogP contribution is -2.51. The van der Waals surface area contributed by atoms with E-state index in [2.05, 4.69) is 26.5 Å². The average Bonchev–Trinajstić information content (AvgIpc) is 2.49. The van der Waals surface area contributed by atoms with Gasteiger partial charge < -0.3 is 4.90 Å². The number of halogens is 1. The van der Waals surface area contributed by atoms with Crippen LogP contribution < -0.4 is 4.90 Å². The first-order valence-corrected chi connectivity index (χ1v) is 8.17. The van der Waals surface area contributed by atoms with Gasteiger partial charge in [0.05, 0.1) is 0 Å². The van der Waals surface area contributed by atoms with Gasteiger partial charge in [0.15, 0.2) is 11.6 Å². The van der Waals surface area contributed by atoms with Crippen molar-refractivity contribution in [3.63, 3.8) is 0 Å². The molecule has 104 valence electrons. The van der Waals surface area contributed by atoms with Crippen molar-refractivity contribution in [2.24, 2.45) is 0 Å². The van der Waals surface area contributed by atoms with Crippen LogP contribution >= 0.6 is 11.8 Å². The van der Waals surface area contributed by atoms with Gasteiger partial charge in [0.2, 0.25) is 0 Å². The maximum atomic E-state index is 13.7. The molecule has 2 fully saturated rings. The summed E-state index contributed by atoms with van der Waals surface area (Å²) in [5.74, 6) is 2.89. The molecule has 19 heavy (non-hydrogen) atoms. The van der Waals surface area contributed by atoms with Crippen LogP contribution in [0.1, 0.15) is 12.8 Å². The fourth-order valence-corrected chi connectivity index (χ4v) is 4.04. The molecule has 0 amide bonds. The molecule has 0 radical (unpaired) electrons.